The highest BCUT2D eigenvalue weighted by atomic mass is 16.5. The van der Waals surface area contributed by atoms with E-state index in [1.807, 2.05) is 42.5 Å². The summed E-state index contributed by atoms with van der Waals surface area (Å²) in [6, 6.07) is 17.9. The molecule has 0 bridgehead atoms. The van der Waals surface area contributed by atoms with Crippen LogP contribution in [0, 0.1) is 5.92 Å². The van der Waals surface area contributed by atoms with Crippen LogP contribution in [0.25, 0.3) is 0 Å². The molecule has 0 aromatic heterocycles. The molecule has 26 heavy (non-hydrogen) atoms. The van der Waals surface area contributed by atoms with Gasteiger partial charge in [0.1, 0.15) is 5.75 Å². The number of amides is 1. The molecular weight excluding hydrogens is 324 g/mol. The molecule has 138 valence electrons. The van der Waals surface area contributed by atoms with Gasteiger partial charge < -0.3 is 15.0 Å². The average Bonchev–Trinajstić information content (AvgIpc) is 2.67. The molecule has 1 amide bonds. The Balaban J connectivity index is 1.74. The minimum atomic E-state index is -0.142. The van der Waals surface area contributed by atoms with Crippen molar-refractivity contribution in [3.63, 3.8) is 0 Å². The Labute approximate surface area is 156 Å². The number of piperidine rings is 1. The van der Waals surface area contributed by atoms with E-state index < -0.39 is 0 Å². The Morgan fingerprint density at radius 3 is 2.50 bits per heavy atom. The van der Waals surface area contributed by atoms with Gasteiger partial charge >= 0.3 is 0 Å². The number of benzene rings is 2. The molecular formula is C22H29N2O2+. The number of hydrogen-bond acceptors (Lipinski definition) is 2. The Morgan fingerprint density at radius 2 is 1.85 bits per heavy atom. The molecule has 1 unspecified atom stereocenters. The van der Waals surface area contributed by atoms with Gasteiger partial charge in [-0.2, -0.15) is 0 Å². The Bertz CT molecular complexity index is 700. The van der Waals surface area contributed by atoms with Crippen LogP contribution in [0.3, 0.4) is 0 Å². The topological polar surface area (TPSA) is 42.8 Å². The fourth-order valence-corrected chi connectivity index (χ4v) is 3.80. The van der Waals surface area contributed by atoms with Gasteiger partial charge in [0.2, 0.25) is 0 Å². The van der Waals surface area contributed by atoms with Gasteiger partial charge in [-0.3, -0.25) is 4.79 Å². The van der Waals surface area contributed by atoms with Crippen LogP contribution in [-0.4, -0.2) is 32.7 Å². The molecule has 1 aliphatic rings. The number of ether oxygens (including phenoxy) is 1. The van der Waals surface area contributed by atoms with Crippen LogP contribution in [0.4, 0.5) is 0 Å². The molecule has 3 atom stereocenters. The van der Waals surface area contributed by atoms with Crippen molar-refractivity contribution >= 4 is 5.91 Å². The molecule has 3 rings (SSSR count). The number of rotatable bonds is 6. The van der Waals surface area contributed by atoms with Crippen molar-refractivity contribution in [3.8, 4) is 5.75 Å². The monoisotopic (exact) mass is 353 g/mol. The zero-order valence-corrected chi connectivity index (χ0v) is 15.7. The summed E-state index contributed by atoms with van der Waals surface area (Å²) >= 11 is 0. The van der Waals surface area contributed by atoms with Gasteiger partial charge in [-0.05, 0) is 36.1 Å². The number of likely N-dealkylation sites (tertiary alicyclic amines) is 1. The molecule has 0 radical (unpaired) electrons. The maximum absolute atomic E-state index is 12.7. The highest BCUT2D eigenvalue weighted by Gasteiger charge is 2.24. The van der Waals surface area contributed by atoms with Crippen LogP contribution in [0.15, 0.2) is 54.6 Å². The Morgan fingerprint density at radius 1 is 1.15 bits per heavy atom. The number of carbonyl (C=O) groups is 1. The average molecular weight is 353 g/mol. The summed E-state index contributed by atoms with van der Waals surface area (Å²) in [6.45, 7) is 5.01. The lowest BCUT2D eigenvalue weighted by Crippen LogP contribution is -3.14. The van der Waals surface area contributed by atoms with Crippen molar-refractivity contribution in [2.24, 2.45) is 5.92 Å². The van der Waals surface area contributed by atoms with E-state index in [9.17, 15) is 4.79 Å². The molecule has 2 aromatic rings. The Kier molecular flexibility index (Phi) is 6.29. The number of methoxy groups -OCH3 is 1. The van der Waals surface area contributed by atoms with Crippen molar-refractivity contribution in [1.82, 2.24) is 5.32 Å². The summed E-state index contributed by atoms with van der Waals surface area (Å²) in [5.74, 6) is 1.63. The highest BCUT2D eigenvalue weighted by Crippen LogP contribution is 2.24. The lowest BCUT2D eigenvalue weighted by Gasteiger charge is -2.28. The van der Waals surface area contributed by atoms with Gasteiger partial charge in [-0.1, -0.05) is 49.4 Å². The van der Waals surface area contributed by atoms with E-state index in [4.69, 9.17) is 4.74 Å². The van der Waals surface area contributed by atoms with Gasteiger partial charge in [0.15, 0.2) is 6.54 Å². The predicted octanol–water partition coefficient (Wildman–Crippen LogP) is 2.22. The zero-order valence-electron chi connectivity index (χ0n) is 15.7. The molecule has 2 aromatic carbocycles. The first-order chi connectivity index (χ1) is 12.7. The molecule has 4 heteroatoms. The van der Waals surface area contributed by atoms with Crippen LogP contribution in [0.5, 0.6) is 5.75 Å². The van der Waals surface area contributed by atoms with Gasteiger partial charge in [-0.15, -0.1) is 0 Å². The molecule has 0 saturated carbocycles. The summed E-state index contributed by atoms with van der Waals surface area (Å²) in [7, 11) is 1.66. The van der Waals surface area contributed by atoms with E-state index in [-0.39, 0.29) is 11.9 Å². The van der Waals surface area contributed by atoms with Crippen LogP contribution < -0.4 is 15.0 Å². The predicted molar refractivity (Wildman–Crippen MR) is 103 cm³/mol. The molecule has 1 saturated heterocycles. The van der Waals surface area contributed by atoms with Crippen molar-refractivity contribution < 1.29 is 14.4 Å². The first-order valence-corrected chi connectivity index (χ1v) is 9.47. The van der Waals surface area contributed by atoms with E-state index in [1.54, 1.807) is 7.11 Å². The molecule has 1 aliphatic heterocycles. The van der Waals surface area contributed by atoms with E-state index in [0.29, 0.717) is 12.5 Å². The number of hydrogen-bond donors (Lipinski definition) is 2. The fourth-order valence-electron chi connectivity index (χ4n) is 3.80. The standard InChI is InChI=1S/C22H28N2O2/c1-17-7-6-14-24(15-17)16-21(25)23-22(18-8-4-3-5-9-18)19-10-12-20(26-2)13-11-19/h3-5,8-13,17,22H,6-7,14-16H2,1-2H3,(H,23,25)/p+1/t17-,22+/m1/s1. The maximum Gasteiger partial charge on any atom is 0.275 e. The highest BCUT2D eigenvalue weighted by molar-refractivity contribution is 5.78. The second kappa shape index (κ2) is 8.86. The zero-order chi connectivity index (χ0) is 18.4. The quantitative estimate of drug-likeness (QED) is 0.836. The number of carbonyl (C=O) groups excluding carboxylic acids is 1. The van der Waals surface area contributed by atoms with Crippen LogP contribution in [0.1, 0.15) is 36.9 Å². The third-order valence-electron chi connectivity index (χ3n) is 5.16. The minimum Gasteiger partial charge on any atom is -0.497 e. The molecule has 1 fully saturated rings. The largest absolute Gasteiger partial charge is 0.497 e. The summed E-state index contributed by atoms with van der Waals surface area (Å²) in [5, 5.41) is 3.25. The van der Waals surface area contributed by atoms with Gasteiger partial charge in [0.05, 0.1) is 26.2 Å². The first kappa shape index (κ1) is 18.5. The SMILES string of the molecule is COc1ccc([C@@H](NC(=O)C[NH+]2CCC[C@@H](C)C2)c2ccccc2)cc1. The lowest BCUT2D eigenvalue weighted by atomic mass is 9.98. The smallest absolute Gasteiger partial charge is 0.275 e. The van der Waals surface area contributed by atoms with Gasteiger partial charge in [0, 0.05) is 5.92 Å². The molecule has 2 N–H and O–H groups in total. The van der Waals surface area contributed by atoms with E-state index >= 15 is 0 Å². The second-order valence-electron chi connectivity index (χ2n) is 7.31. The Hall–Kier alpha value is -2.33. The van der Waals surface area contributed by atoms with Crippen molar-refractivity contribution in [2.75, 3.05) is 26.7 Å². The van der Waals surface area contributed by atoms with E-state index in [2.05, 4.69) is 24.4 Å². The molecule has 0 aliphatic carbocycles. The molecule has 4 nitrogen and oxygen atoms in total. The molecule has 1 heterocycles. The van der Waals surface area contributed by atoms with E-state index in [0.717, 1.165) is 30.0 Å². The summed E-state index contributed by atoms with van der Waals surface area (Å²) in [6.07, 6.45) is 2.49. The summed E-state index contributed by atoms with van der Waals surface area (Å²) in [4.78, 5) is 14.1. The van der Waals surface area contributed by atoms with Crippen molar-refractivity contribution in [1.29, 1.82) is 0 Å². The maximum atomic E-state index is 12.7. The third kappa shape index (κ3) is 4.85. The first-order valence-electron chi connectivity index (χ1n) is 9.47. The lowest BCUT2D eigenvalue weighted by molar-refractivity contribution is -0.900. The summed E-state index contributed by atoms with van der Waals surface area (Å²) < 4.78 is 5.26. The fraction of sp³-hybridized carbons (Fsp3) is 0.409. The van der Waals surface area contributed by atoms with Crippen LogP contribution >= 0.6 is 0 Å². The minimum absolute atomic E-state index is 0.110. The summed E-state index contributed by atoms with van der Waals surface area (Å²) in [5.41, 5.74) is 2.15. The van der Waals surface area contributed by atoms with E-state index in [1.165, 1.54) is 17.7 Å². The number of nitrogens with one attached hydrogen (secondary N) is 2. The van der Waals surface area contributed by atoms with Crippen molar-refractivity contribution in [2.45, 2.75) is 25.8 Å². The molecule has 0 spiro atoms. The normalized spacial score (nSPS) is 21.0. The van der Waals surface area contributed by atoms with Crippen LogP contribution in [0.2, 0.25) is 0 Å². The van der Waals surface area contributed by atoms with Gasteiger partial charge in [0.25, 0.3) is 5.91 Å². The van der Waals surface area contributed by atoms with Crippen LogP contribution in [-0.2, 0) is 4.79 Å². The second-order valence-corrected chi connectivity index (χ2v) is 7.31. The number of quaternary nitrogens is 1. The van der Waals surface area contributed by atoms with Gasteiger partial charge in [-0.25, -0.2) is 0 Å². The third-order valence-corrected chi connectivity index (χ3v) is 5.16. The van der Waals surface area contributed by atoms with Crippen molar-refractivity contribution in [3.05, 3.63) is 65.7 Å².